The van der Waals surface area contributed by atoms with Crippen molar-refractivity contribution in [2.45, 2.75) is 51.0 Å². The Morgan fingerprint density at radius 3 is 2.28 bits per heavy atom. The number of ether oxygens (including phenoxy) is 1. The first-order chi connectivity index (χ1) is 8.78. The van der Waals surface area contributed by atoms with Gasteiger partial charge < -0.3 is 4.74 Å². The van der Waals surface area contributed by atoms with E-state index in [9.17, 15) is 4.79 Å². The van der Waals surface area contributed by atoms with Gasteiger partial charge in [-0.3, -0.25) is 4.79 Å². The topological polar surface area (TPSA) is 26.3 Å². The van der Waals surface area contributed by atoms with Gasteiger partial charge in [-0.1, -0.05) is 56.0 Å². The van der Waals surface area contributed by atoms with E-state index in [4.69, 9.17) is 4.74 Å². The van der Waals surface area contributed by atoms with Crippen molar-refractivity contribution >= 4 is 5.78 Å². The third-order valence-electron chi connectivity index (χ3n) is 3.78. The third-order valence-corrected chi connectivity index (χ3v) is 3.78. The Bertz CT molecular complexity index is 375. The fourth-order valence-electron chi connectivity index (χ4n) is 2.87. The van der Waals surface area contributed by atoms with E-state index in [2.05, 4.69) is 0 Å². The maximum atomic E-state index is 12.7. The SMILES string of the molecule is CCOC1(C(=O)c2ccccc2)CCCCCC1. The van der Waals surface area contributed by atoms with E-state index in [-0.39, 0.29) is 5.78 Å². The molecule has 0 radical (unpaired) electrons. The molecule has 1 fully saturated rings. The highest BCUT2D eigenvalue weighted by molar-refractivity contribution is 6.02. The molecule has 0 spiro atoms. The van der Waals surface area contributed by atoms with Crippen LogP contribution in [0.5, 0.6) is 0 Å². The molecule has 0 bridgehead atoms. The van der Waals surface area contributed by atoms with Crippen molar-refractivity contribution in [2.24, 2.45) is 0 Å². The number of ketones is 1. The summed E-state index contributed by atoms with van der Waals surface area (Å²) < 4.78 is 5.92. The van der Waals surface area contributed by atoms with E-state index in [0.717, 1.165) is 31.2 Å². The van der Waals surface area contributed by atoms with E-state index in [1.54, 1.807) is 0 Å². The van der Waals surface area contributed by atoms with Crippen LogP contribution < -0.4 is 0 Å². The Morgan fingerprint density at radius 2 is 1.72 bits per heavy atom. The Hall–Kier alpha value is -1.15. The van der Waals surface area contributed by atoms with Crippen molar-refractivity contribution < 1.29 is 9.53 Å². The molecule has 0 unspecified atom stereocenters. The lowest BCUT2D eigenvalue weighted by molar-refractivity contribution is -0.0292. The van der Waals surface area contributed by atoms with E-state index in [0.29, 0.717) is 6.61 Å². The summed E-state index contributed by atoms with van der Waals surface area (Å²) in [6.45, 7) is 2.59. The second kappa shape index (κ2) is 6.14. The molecule has 2 nitrogen and oxygen atoms in total. The molecule has 1 aliphatic carbocycles. The molecule has 1 aromatic rings. The van der Waals surface area contributed by atoms with Crippen molar-refractivity contribution in [3.05, 3.63) is 35.9 Å². The van der Waals surface area contributed by atoms with Crippen LogP contribution in [0.2, 0.25) is 0 Å². The van der Waals surface area contributed by atoms with Crippen molar-refractivity contribution in [2.75, 3.05) is 6.61 Å². The largest absolute Gasteiger partial charge is 0.367 e. The number of carbonyl (C=O) groups is 1. The van der Waals surface area contributed by atoms with Crippen LogP contribution in [0, 0.1) is 0 Å². The Balaban J connectivity index is 2.25. The van der Waals surface area contributed by atoms with Crippen LogP contribution in [0.25, 0.3) is 0 Å². The summed E-state index contributed by atoms with van der Waals surface area (Å²) in [6.07, 6.45) is 6.37. The fraction of sp³-hybridized carbons (Fsp3) is 0.562. The number of hydrogen-bond donors (Lipinski definition) is 0. The van der Waals surface area contributed by atoms with Crippen LogP contribution in [0.4, 0.5) is 0 Å². The number of Topliss-reactive ketones (excluding diaryl/α,β-unsaturated/α-hetero) is 1. The lowest BCUT2D eigenvalue weighted by Gasteiger charge is -2.31. The molecule has 0 N–H and O–H groups in total. The van der Waals surface area contributed by atoms with E-state index < -0.39 is 5.60 Å². The number of hydrogen-bond acceptors (Lipinski definition) is 2. The zero-order valence-corrected chi connectivity index (χ0v) is 11.2. The average Bonchev–Trinajstić information content (AvgIpc) is 2.66. The molecule has 0 aliphatic heterocycles. The molecule has 18 heavy (non-hydrogen) atoms. The summed E-state index contributed by atoms with van der Waals surface area (Å²) in [5.74, 6) is 0.173. The number of carbonyl (C=O) groups excluding carboxylic acids is 1. The molecule has 0 aromatic heterocycles. The molecular formula is C16H22O2. The van der Waals surface area contributed by atoms with Gasteiger partial charge in [0, 0.05) is 12.2 Å². The normalized spacial score (nSPS) is 19.2. The van der Waals surface area contributed by atoms with Gasteiger partial charge in [-0.15, -0.1) is 0 Å². The first kappa shape index (κ1) is 13.3. The van der Waals surface area contributed by atoms with Gasteiger partial charge in [0.1, 0.15) is 5.60 Å². The van der Waals surface area contributed by atoms with Crippen molar-refractivity contribution in [3.8, 4) is 0 Å². The number of rotatable bonds is 4. The third kappa shape index (κ3) is 2.81. The van der Waals surface area contributed by atoms with Gasteiger partial charge in [0.05, 0.1) is 0 Å². The smallest absolute Gasteiger partial charge is 0.194 e. The van der Waals surface area contributed by atoms with E-state index in [1.165, 1.54) is 12.8 Å². The first-order valence-electron chi connectivity index (χ1n) is 7.02. The zero-order valence-electron chi connectivity index (χ0n) is 11.2. The van der Waals surface area contributed by atoms with Gasteiger partial charge in [-0.25, -0.2) is 0 Å². The van der Waals surface area contributed by atoms with Crippen molar-refractivity contribution in [3.63, 3.8) is 0 Å². The lowest BCUT2D eigenvalue weighted by atomic mass is 9.85. The monoisotopic (exact) mass is 246 g/mol. The maximum absolute atomic E-state index is 12.7. The summed E-state index contributed by atoms with van der Waals surface area (Å²) in [7, 11) is 0. The second-order valence-electron chi connectivity index (χ2n) is 5.04. The minimum absolute atomic E-state index is 0.173. The van der Waals surface area contributed by atoms with E-state index in [1.807, 2.05) is 37.3 Å². The van der Waals surface area contributed by atoms with Gasteiger partial charge in [0.15, 0.2) is 5.78 Å². The molecule has 1 aliphatic rings. The molecule has 0 amide bonds. The summed E-state index contributed by atoms with van der Waals surface area (Å²) in [4.78, 5) is 12.7. The van der Waals surface area contributed by atoms with Crippen LogP contribution in [-0.4, -0.2) is 18.0 Å². The fourth-order valence-corrected chi connectivity index (χ4v) is 2.87. The van der Waals surface area contributed by atoms with E-state index >= 15 is 0 Å². The molecule has 1 aromatic carbocycles. The maximum Gasteiger partial charge on any atom is 0.194 e. The summed E-state index contributed by atoms with van der Waals surface area (Å²) in [5.41, 5.74) is 0.222. The Labute approximate surface area is 109 Å². The highest BCUT2D eigenvalue weighted by Gasteiger charge is 2.39. The van der Waals surface area contributed by atoms with Crippen molar-refractivity contribution in [1.82, 2.24) is 0 Å². The molecule has 2 rings (SSSR count). The molecule has 0 atom stereocenters. The quantitative estimate of drug-likeness (QED) is 0.593. The standard InChI is InChI=1S/C16H22O2/c1-2-18-16(12-8-3-4-9-13-16)15(17)14-10-6-5-7-11-14/h5-7,10-11H,2-4,8-9,12-13H2,1H3. The van der Waals surface area contributed by atoms with Crippen LogP contribution in [-0.2, 0) is 4.74 Å². The molecule has 98 valence electrons. The average molecular weight is 246 g/mol. The second-order valence-corrected chi connectivity index (χ2v) is 5.04. The number of benzene rings is 1. The minimum atomic E-state index is -0.563. The Morgan fingerprint density at radius 1 is 1.11 bits per heavy atom. The molecule has 2 heteroatoms. The van der Waals surface area contributed by atoms with Gasteiger partial charge >= 0.3 is 0 Å². The summed E-state index contributed by atoms with van der Waals surface area (Å²) in [6, 6.07) is 9.58. The molecule has 0 heterocycles. The van der Waals surface area contributed by atoms with Crippen LogP contribution >= 0.6 is 0 Å². The van der Waals surface area contributed by atoms with Gasteiger partial charge in [-0.05, 0) is 19.8 Å². The highest BCUT2D eigenvalue weighted by atomic mass is 16.5. The zero-order chi connectivity index (χ0) is 12.8. The predicted octanol–water partition coefficient (Wildman–Crippen LogP) is 4.00. The highest BCUT2D eigenvalue weighted by Crippen LogP contribution is 2.33. The van der Waals surface area contributed by atoms with Crippen molar-refractivity contribution in [1.29, 1.82) is 0 Å². The Kier molecular flexibility index (Phi) is 4.54. The first-order valence-corrected chi connectivity index (χ1v) is 7.02. The molecular weight excluding hydrogens is 224 g/mol. The van der Waals surface area contributed by atoms with Gasteiger partial charge in [0.25, 0.3) is 0 Å². The van der Waals surface area contributed by atoms with Gasteiger partial charge in [0.2, 0.25) is 0 Å². The van der Waals surface area contributed by atoms with Crippen LogP contribution in [0.3, 0.4) is 0 Å². The molecule has 0 saturated heterocycles. The van der Waals surface area contributed by atoms with Crippen LogP contribution in [0.15, 0.2) is 30.3 Å². The molecule has 1 saturated carbocycles. The van der Waals surface area contributed by atoms with Gasteiger partial charge in [-0.2, -0.15) is 0 Å². The predicted molar refractivity (Wildman–Crippen MR) is 72.8 cm³/mol. The summed E-state index contributed by atoms with van der Waals surface area (Å²) >= 11 is 0. The minimum Gasteiger partial charge on any atom is -0.367 e. The lowest BCUT2D eigenvalue weighted by Crippen LogP contribution is -2.41. The summed E-state index contributed by atoms with van der Waals surface area (Å²) in [5, 5.41) is 0. The van der Waals surface area contributed by atoms with Crippen LogP contribution in [0.1, 0.15) is 55.8 Å².